The topological polar surface area (TPSA) is 38.9 Å². The third-order valence-electron chi connectivity index (χ3n) is 2.06. The normalized spacial score (nSPS) is 10.4. The number of benzene rings is 1. The molecule has 4 heteroatoms. The fourth-order valence-electron chi connectivity index (χ4n) is 1.29. The third-order valence-corrected chi connectivity index (χ3v) is 4.03. The highest BCUT2D eigenvalue weighted by Gasteiger charge is 2.00. The number of hydrogen-bond donors (Lipinski definition) is 1. The molecule has 78 valence electrons. The summed E-state index contributed by atoms with van der Waals surface area (Å²) in [6.45, 7) is 0. The molecule has 0 spiro atoms. The minimum atomic E-state index is 0.886. The molecule has 0 saturated heterocycles. The van der Waals surface area contributed by atoms with Crippen LogP contribution in [-0.4, -0.2) is 10.7 Å². The van der Waals surface area contributed by atoms with Gasteiger partial charge in [0.05, 0.1) is 0 Å². The van der Waals surface area contributed by atoms with Crippen LogP contribution >= 0.6 is 23.1 Å². The summed E-state index contributed by atoms with van der Waals surface area (Å²) in [6.07, 6.45) is 2.83. The van der Waals surface area contributed by atoms with Crippen molar-refractivity contribution >= 4 is 28.8 Å². The van der Waals surface area contributed by atoms with Crippen LogP contribution in [0.4, 0.5) is 5.69 Å². The molecule has 0 aliphatic heterocycles. The Morgan fingerprint density at radius 1 is 1.33 bits per heavy atom. The molecule has 0 atom stereocenters. The van der Waals surface area contributed by atoms with E-state index in [1.165, 1.54) is 5.56 Å². The average molecular weight is 236 g/mol. The number of thiazole rings is 1. The predicted octanol–water partition coefficient (Wildman–Crippen LogP) is 3.06. The van der Waals surface area contributed by atoms with Gasteiger partial charge in [0.1, 0.15) is 4.34 Å². The van der Waals surface area contributed by atoms with Gasteiger partial charge in [-0.25, -0.2) is 4.98 Å². The van der Waals surface area contributed by atoms with Gasteiger partial charge in [0.2, 0.25) is 0 Å². The van der Waals surface area contributed by atoms with E-state index in [2.05, 4.69) is 11.1 Å². The molecule has 2 aromatic rings. The highest BCUT2D eigenvalue weighted by Crippen LogP contribution is 2.22. The second kappa shape index (κ2) is 5.19. The maximum absolute atomic E-state index is 5.86. The zero-order valence-electron chi connectivity index (χ0n) is 8.22. The van der Waals surface area contributed by atoms with E-state index in [9.17, 15) is 0 Å². The van der Waals surface area contributed by atoms with E-state index < -0.39 is 0 Å². The van der Waals surface area contributed by atoms with Crippen molar-refractivity contribution in [1.82, 2.24) is 4.98 Å². The highest BCUT2D eigenvalue weighted by atomic mass is 32.2. The summed E-state index contributed by atoms with van der Waals surface area (Å²) >= 11 is 3.47. The van der Waals surface area contributed by atoms with E-state index in [0.717, 1.165) is 22.2 Å². The molecule has 15 heavy (non-hydrogen) atoms. The molecular formula is C11H12N2S2. The summed E-state index contributed by atoms with van der Waals surface area (Å²) in [5.41, 5.74) is 7.97. The molecule has 0 amide bonds. The molecule has 0 radical (unpaired) electrons. The van der Waals surface area contributed by atoms with Gasteiger partial charge in [-0.3, -0.25) is 0 Å². The monoisotopic (exact) mass is 236 g/mol. The molecule has 2 nitrogen and oxygen atoms in total. The third kappa shape index (κ3) is 2.97. The smallest absolute Gasteiger partial charge is 0.149 e. The van der Waals surface area contributed by atoms with E-state index in [-0.39, 0.29) is 0 Å². The van der Waals surface area contributed by atoms with Gasteiger partial charge in [-0.05, 0) is 18.1 Å². The number of thioether (sulfide) groups is 1. The lowest BCUT2D eigenvalue weighted by Crippen LogP contribution is -1.95. The molecule has 1 aromatic carbocycles. The molecule has 0 aliphatic carbocycles. The SMILES string of the molecule is Nc1ccccc1CCSc1nccs1. The van der Waals surface area contributed by atoms with Crippen LogP contribution in [0.5, 0.6) is 0 Å². The van der Waals surface area contributed by atoms with Crippen LogP contribution in [0, 0.1) is 0 Å². The van der Waals surface area contributed by atoms with Gasteiger partial charge < -0.3 is 5.73 Å². The first-order valence-electron chi connectivity index (χ1n) is 4.72. The molecule has 2 N–H and O–H groups in total. The van der Waals surface area contributed by atoms with Crippen molar-refractivity contribution in [2.75, 3.05) is 11.5 Å². The summed E-state index contributed by atoms with van der Waals surface area (Å²) in [7, 11) is 0. The number of nitrogen functional groups attached to an aromatic ring is 1. The molecule has 2 rings (SSSR count). The maximum atomic E-state index is 5.86. The summed E-state index contributed by atoms with van der Waals surface area (Å²) in [5.74, 6) is 1.03. The minimum absolute atomic E-state index is 0.886. The Labute approximate surface area is 97.5 Å². The Bertz CT molecular complexity index is 412. The van der Waals surface area contributed by atoms with E-state index in [4.69, 9.17) is 5.73 Å². The number of nitrogens with zero attached hydrogens (tertiary/aromatic N) is 1. The van der Waals surface area contributed by atoms with Crippen LogP contribution in [0.1, 0.15) is 5.56 Å². The quantitative estimate of drug-likeness (QED) is 0.655. The van der Waals surface area contributed by atoms with Gasteiger partial charge >= 0.3 is 0 Å². The Balaban J connectivity index is 1.86. The zero-order chi connectivity index (χ0) is 10.5. The highest BCUT2D eigenvalue weighted by molar-refractivity contribution is 8.00. The van der Waals surface area contributed by atoms with Crippen molar-refractivity contribution in [3.05, 3.63) is 41.4 Å². The summed E-state index contributed by atoms with van der Waals surface area (Å²) in [4.78, 5) is 4.22. The lowest BCUT2D eigenvalue weighted by molar-refractivity contribution is 1.15. The molecule has 0 bridgehead atoms. The molecule has 0 fully saturated rings. The Hall–Kier alpha value is -1.00. The van der Waals surface area contributed by atoms with Gasteiger partial charge in [-0.1, -0.05) is 30.0 Å². The van der Waals surface area contributed by atoms with E-state index >= 15 is 0 Å². The Morgan fingerprint density at radius 2 is 2.20 bits per heavy atom. The standard InChI is InChI=1S/C11H12N2S2/c12-10-4-2-1-3-9(10)5-7-14-11-13-6-8-15-11/h1-4,6,8H,5,7,12H2. The average Bonchev–Trinajstić information content (AvgIpc) is 2.74. The Morgan fingerprint density at radius 3 is 2.93 bits per heavy atom. The summed E-state index contributed by atoms with van der Waals surface area (Å²) in [6, 6.07) is 8.02. The molecule has 1 heterocycles. The van der Waals surface area contributed by atoms with Gasteiger partial charge in [0, 0.05) is 23.0 Å². The van der Waals surface area contributed by atoms with E-state index in [1.807, 2.05) is 29.8 Å². The maximum Gasteiger partial charge on any atom is 0.149 e. The number of nitrogens with two attached hydrogens (primary N) is 1. The Kier molecular flexibility index (Phi) is 3.64. The van der Waals surface area contributed by atoms with Crippen molar-refractivity contribution in [2.45, 2.75) is 10.8 Å². The predicted molar refractivity (Wildman–Crippen MR) is 67.4 cm³/mol. The van der Waals surface area contributed by atoms with Crippen LogP contribution in [0.3, 0.4) is 0 Å². The van der Waals surface area contributed by atoms with Gasteiger partial charge in [0.15, 0.2) is 0 Å². The number of anilines is 1. The second-order valence-corrected chi connectivity index (χ2v) is 5.33. The number of hydrogen-bond acceptors (Lipinski definition) is 4. The van der Waals surface area contributed by atoms with Crippen molar-refractivity contribution in [2.24, 2.45) is 0 Å². The van der Waals surface area contributed by atoms with Crippen molar-refractivity contribution in [3.8, 4) is 0 Å². The van der Waals surface area contributed by atoms with Crippen molar-refractivity contribution in [1.29, 1.82) is 0 Å². The van der Waals surface area contributed by atoms with Crippen LogP contribution in [0.2, 0.25) is 0 Å². The molecule has 0 unspecified atom stereocenters. The number of aryl methyl sites for hydroxylation is 1. The largest absolute Gasteiger partial charge is 0.399 e. The van der Waals surface area contributed by atoms with Crippen molar-refractivity contribution in [3.63, 3.8) is 0 Å². The lowest BCUT2D eigenvalue weighted by Gasteiger charge is -2.03. The fraction of sp³-hybridized carbons (Fsp3) is 0.182. The molecule has 1 aromatic heterocycles. The second-order valence-electron chi connectivity index (χ2n) is 3.10. The van der Waals surface area contributed by atoms with E-state index in [1.54, 1.807) is 23.1 Å². The molecular weight excluding hydrogens is 224 g/mol. The van der Waals surface area contributed by atoms with Crippen molar-refractivity contribution < 1.29 is 0 Å². The summed E-state index contributed by atoms with van der Waals surface area (Å²) < 4.78 is 1.13. The number of rotatable bonds is 4. The molecule has 0 saturated carbocycles. The fourth-order valence-corrected chi connectivity index (χ4v) is 2.97. The van der Waals surface area contributed by atoms with Gasteiger partial charge in [-0.15, -0.1) is 11.3 Å². The first kappa shape index (κ1) is 10.5. The van der Waals surface area contributed by atoms with Gasteiger partial charge in [-0.2, -0.15) is 0 Å². The van der Waals surface area contributed by atoms with E-state index in [0.29, 0.717) is 0 Å². The van der Waals surface area contributed by atoms with Crippen LogP contribution < -0.4 is 5.73 Å². The lowest BCUT2D eigenvalue weighted by atomic mass is 10.1. The van der Waals surface area contributed by atoms with Gasteiger partial charge in [0.25, 0.3) is 0 Å². The first-order chi connectivity index (χ1) is 7.36. The van der Waals surface area contributed by atoms with Crippen LogP contribution in [-0.2, 0) is 6.42 Å². The summed E-state index contributed by atoms with van der Waals surface area (Å²) in [5, 5.41) is 2.00. The zero-order valence-corrected chi connectivity index (χ0v) is 9.85. The molecule has 0 aliphatic rings. The minimum Gasteiger partial charge on any atom is -0.399 e. The van der Waals surface area contributed by atoms with Crippen LogP contribution in [0.15, 0.2) is 40.2 Å². The number of para-hydroxylation sites is 1. The number of aromatic nitrogens is 1. The first-order valence-corrected chi connectivity index (χ1v) is 6.58. The van der Waals surface area contributed by atoms with Crippen LogP contribution in [0.25, 0.3) is 0 Å².